The van der Waals surface area contributed by atoms with Crippen molar-refractivity contribution in [2.75, 3.05) is 5.88 Å². The van der Waals surface area contributed by atoms with Crippen LogP contribution in [0.2, 0.25) is 0 Å². The second kappa shape index (κ2) is 6.70. The fourth-order valence-electron chi connectivity index (χ4n) is 0.347. The highest BCUT2D eigenvalue weighted by atomic mass is 35.5. The van der Waals surface area contributed by atoms with E-state index < -0.39 is 0 Å². The van der Waals surface area contributed by atoms with E-state index in [-0.39, 0.29) is 0 Å². The molecule has 0 rings (SSSR count). The van der Waals surface area contributed by atoms with Crippen molar-refractivity contribution < 1.29 is 4.79 Å². The van der Waals surface area contributed by atoms with Crippen LogP contribution < -0.4 is 0 Å². The highest BCUT2D eigenvalue weighted by molar-refractivity contribution is 6.17. The quantitative estimate of drug-likeness (QED) is 0.247. The second-order valence-corrected chi connectivity index (χ2v) is 1.77. The lowest BCUT2D eigenvalue weighted by molar-refractivity contribution is -0.104. The molecule has 0 heterocycles. The van der Waals surface area contributed by atoms with Gasteiger partial charge in [0.1, 0.15) is 6.29 Å². The topological polar surface area (TPSA) is 17.1 Å². The molecule has 0 saturated heterocycles. The largest absolute Gasteiger partial charge is 0.299 e. The first-order valence-electron chi connectivity index (χ1n) is 2.58. The van der Waals surface area contributed by atoms with Crippen LogP contribution in [0, 0.1) is 0 Å². The molecule has 0 aromatic carbocycles. The van der Waals surface area contributed by atoms with Gasteiger partial charge in [-0.05, 0) is 18.9 Å². The minimum Gasteiger partial charge on any atom is -0.299 e. The summed E-state index contributed by atoms with van der Waals surface area (Å²) >= 11 is 5.36. The van der Waals surface area contributed by atoms with Gasteiger partial charge in [0.2, 0.25) is 0 Å². The Morgan fingerprint density at radius 1 is 1.50 bits per heavy atom. The maximum Gasteiger partial charge on any atom is 0.142 e. The minimum absolute atomic E-state index is 0.670. The molecule has 0 aliphatic carbocycles. The standard InChI is InChI=1S/C6H9ClO/c7-5-3-1-2-4-6-8/h2,4,6H,1,3,5H2/b4-2-. The molecule has 0 spiro atoms. The van der Waals surface area contributed by atoms with Crippen molar-refractivity contribution in [2.45, 2.75) is 12.8 Å². The van der Waals surface area contributed by atoms with Crippen molar-refractivity contribution in [1.29, 1.82) is 0 Å². The van der Waals surface area contributed by atoms with E-state index in [0.29, 0.717) is 5.88 Å². The predicted molar refractivity (Wildman–Crippen MR) is 35.2 cm³/mol. The molecule has 0 amide bonds. The number of aldehydes is 1. The van der Waals surface area contributed by atoms with Crippen LogP contribution in [0.5, 0.6) is 0 Å². The normalized spacial score (nSPS) is 10.1. The Morgan fingerprint density at radius 2 is 2.25 bits per heavy atom. The van der Waals surface area contributed by atoms with Gasteiger partial charge >= 0.3 is 0 Å². The van der Waals surface area contributed by atoms with Gasteiger partial charge in [-0.15, -0.1) is 11.6 Å². The Kier molecular flexibility index (Phi) is 6.45. The summed E-state index contributed by atoms with van der Waals surface area (Å²) < 4.78 is 0. The highest BCUT2D eigenvalue weighted by Gasteiger charge is 1.76. The number of unbranched alkanes of at least 4 members (excludes halogenated alkanes) is 1. The molecule has 2 heteroatoms. The molecule has 0 N–H and O–H groups in total. The van der Waals surface area contributed by atoms with Crippen molar-refractivity contribution in [3.8, 4) is 0 Å². The zero-order valence-corrected chi connectivity index (χ0v) is 5.40. The average Bonchev–Trinajstić information content (AvgIpc) is 1.81. The molecule has 0 atom stereocenters. The lowest BCUT2D eigenvalue weighted by Crippen LogP contribution is -1.70. The molecule has 0 saturated carbocycles. The van der Waals surface area contributed by atoms with Crippen LogP contribution in [0.4, 0.5) is 0 Å². The van der Waals surface area contributed by atoms with Gasteiger partial charge in [0.05, 0.1) is 0 Å². The Labute approximate surface area is 54.3 Å². The lowest BCUT2D eigenvalue weighted by atomic mass is 10.3. The van der Waals surface area contributed by atoms with Gasteiger partial charge in [-0.1, -0.05) is 6.08 Å². The first kappa shape index (κ1) is 7.70. The predicted octanol–water partition coefficient (Wildman–Crippen LogP) is 1.76. The van der Waals surface area contributed by atoms with Crippen LogP contribution in [0.3, 0.4) is 0 Å². The summed E-state index contributed by atoms with van der Waals surface area (Å²) in [5, 5.41) is 0. The van der Waals surface area contributed by atoms with E-state index >= 15 is 0 Å². The van der Waals surface area contributed by atoms with E-state index in [0.717, 1.165) is 19.1 Å². The first-order valence-corrected chi connectivity index (χ1v) is 3.11. The van der Waals surface area contributed by atoms with Gasteiger partial charge in [0, 0.05) is 5.88 Å². The first-order chi connectivity index (χ1) is 3.91. The number of alkyl halides is 1. The molecule has 46 valence electrons. The van der Waals surface area contributed by atoms with E-state index in [1.54, 1.807) is 0 Å². The van der Waals surface area contributed by atoms with E-state index in [9.17, 15) is 4.79 Å². The molecule has 1 nitrogen and oxygen atoms in total. The number of halogens is 1. The Balaban J connectivity index is 2.91. The Morgan fingerprint density at radius 3 is 2.75 bits per heavy atom. The summed E-state index contributed by atoms with van der Waals surface area (Å²) in [5.74, 6) is 0.670. The van der Waals surface area contributed by atoms with Crippen LogP contribution in [-0.4, -0.2) is 12.2 Å². The summed E-state index contributed by atoms with van der Waals surface area (Å²) in [5.41, 5.74) is 0. The molecule has 0 radical (unpaired) electrons. The molecule has 0 aromatic heterocycles. The summed E-state index contributed by atoms with van der Waals surface area (Å²) in [6.45, 7) is 0. The SMILES string of the molecule is O=C/C=C\CCCCl. The number of allylic oxidation sites excluding steroid dienone is 2. The summed E-state index contributed by atoms with van der Waals surface area (Å²) in [6.07, 6.45) is 5.93. The third-order valence-electron chi connectivity index (χ3n) is 0.719. The van der Waals surface area contributed by atoms with Crippen molar-refractivity contribution in [1.82, 2.24) is 0 Å². The summed E-state index contributed by atoms with van der Waals surface area (Å²) in [6, 6.07) is 0. The van der Waals surface area contributed by atoms with E-state index in [4.69, 9.17) is 11.6 Å². The van der Waals surface area contributed by atoms with Crippen molar-refractivity contribution in [3.63, 3.8) is 0 Å². The second-order valence-electron chi connectivity index (χ2n) is 1.40. The fraction of sp³-hybridized carbons (Fsp3) is 0.500. The van der Waals surface area contributed by atoms with Crippen LogP contribution in [0.15, 0.2) is 12.2 Å². The molecule has 8 heavy (non-hydrogen) atoms. The van der Waals surface area contributed by atoms with E-state index in [1.165, 1.54) is 6.08 Å². The average molecular weight is 133 g/mol. The van der Waals surface area contributed by atoms with Crippen LogP contribution in [0.25, 0.3) is 0 Å². The number of carbonyl (C=O) groups excluding carboxylic acids is 1. The fourth-order valence-corrected chi connectivity index (χ4v) is 0.501. The third kappa shape index (κ3) is 5.70. The Bertz CT molecular complexity index is 78.6. The molecule has 0 fully saturated rings. The zero-order chi connectivity index (χ0) is 6.24. The van der Waals surface area contributed by atoms with Crippen LogP contribution >= 0.6 is 11.6 Å². The van der Waals surface area contributed by atoms with Gasteiger partial charge in [0.15, 0.2) is 0 Å². The van der Waals surface area contributed by atoms with Crippen LogP contribution in [0.1, 0.15) is 12.8 Å². The number of hydrogen-bond acceptors (Lipinski definition) is 1. The van der Waals surface area contributed by atoms with Gasteiger partial charge in [0.25, 0.3) is 0 Å². The molecular formula is C6H9ClO. The highest BCUT2D eigenvalue weighted by Crippen LogP contribution is 1.91. The third-order valence-corrected chi connectivity index (χ3v) is 0.986. The van der Waals surface area contributed by atoms with Crippen molar-refractivity contribution >= 4 is 17.9 Å². The molecule has 0 bridgehead atoms. The molecule has 0 aliphatic heterocycles. The summed E-state index contributed by atoms with van der Waals surface area (Å²) in [7, 11) is 0. The van der Waals surface area contributed by atoms with E-state index in [2.05, 4.69) is 0 Å². The molecular weight excluding hydrogens is 124 g/mol. The maximum absolute atomic E-state index is 9.65. The monoisotopic (exact) mass is 132 g/mol. The van der Waals surface area contributed by atoms with Crippen LogP contribution in [-0.2, 0) is 4.79 Å². The number of rotatable bonds is 4. The summed E-state index contributed by atoms with van der Waals surface area (Å²) in [4.78, 5) is 9.65. The minimum atomic E-state index is 0.670. The van der Waals surface area contributed by atoms with Crippen molar-refractivity contribution in [3.05, 3.63) is 12.2 Å². The van der Waals surface area contributed by atoms with E-state index in [1.807, 2.05) is 6.08 Å². The maximum atomic E-state index is 9.65. The lowest BCUT2D eigenvalue weighted by Gasteiger charge is -1.82. The number of hydrogen-bond donors (Lipinski definition) is 0. The molecule has 0 aromatic rings. The Hall–Kier alpha value is -0.300. The smallest absolute Gasteiger partial charge is 0.142 e. The zero-order valence-electron chi connectivity index (χ0n) is 4.64. The van der Waals surface area contributed by atoms with Crippen molar-refractivity contribution in [2.24, 2.45) is 0 Å². The number of carbonyl (C=O) groups is 1. The van der Waals surface area contributed by atoms with Gasteiger partial charge in [-0.2, -0.15) is 0 Å². The molecule has 0 unspecified atom stereocenters. The molecule has 0 aliphatic rings. The van der Waals surface area contributed by atoms with Gasteiger partial charge in [-0.25, -0.2) is 0 Å². The van der Waals surface area contributed by atoms with Gasteiger partial charge < -0.3 is 0 Å². The van der Waals surface area contributed by atoms with Gasteiger partial charge in [-0.3, -0.25) is 4.79 Å².